The molecule has 1 aliphatic heterocycles. The molecule has 4 nitrogen and oxygen atoms in total. The van der Waals surface area contributed by atoms with Crippen molar-refractivity contribution in [1.82, 2.24) is 3.97 Å². The monoisotopic (exact) mass is 422 g/mol. The number of hydrogen-bond acceptors (Lipinski definition) is 3. The van der Waals surface area contributed by atoms with Crippen LogP contribution >= 0.6 is 0 Å². The molecule has 1 aromatic heterocycles. The number of aromatic nitrogens is 1. The summed E-state index contributed by atoms with van der Waals surface area (Å²) in [6.45, 7) is 6.40. The van der Waals surface area contributed by atoms with Crippen LogP contribution in [0.25, 0.3) is 10.9 Å². The molecule has 29 heavy (non-hydrogen) atoms. The highest BCUT2D eigenvalue weighted by Crippen LogP contribution is 2.35. The average molecular weight is 422 g/mol. The topological polar surface area (TPSA) is 42.3 Å². The fraction of sp³-hybridized carbons (Fsp3) is 0.333. The van der Waals surface area contributed by atoms with Gasteiger partial charge in [0.05, 0.1) is 16.0 Å². The molecule has 2 heterocycles. The zero-order valence-corrected chi connectivity index (χ0v) is 17.1. The van der Waals surface area contributed by atoms with Gasteiger partial charge in [-0.05, 0) is 74.7 Å². The Kier molecular flexibility index (Phi) is 4.45. The highest BCUT2D eigenvalue weighted by molar-refractivity contribution is 7.90. The van der Waals surface area contributed by atoms with E-state index in [0.29, 0.717) is 11.6 Å². The molecule has 0 bridgehead atoms. The second-order valence-corrected chi connectivity index (χ2v) is 9.49. The number of alkyl halides is 3. The molecule has 8 heteroatoms. The molecule has 0 radical (unpaired) electrons. The minimum atomic E-state index is -4.49. The minimum Gasteiger partial charge on any atom is -0.369 e. The van der Waals surface area contributed by atoms with Gasteiger partial charge in [0, 0.05) is 29.9 Å². The van der Waals surface area contributed by atoms with Crippen molar-refractivity contribution in [2.24, 2.45) is 0 Å². The molecule has 1 atom stereocenters. The largest absolute Gasteiger partial charge is 0.416 e. The quantitative estimate of drug-likeness (QED) is 0.589. The lowest BCUT2D eigenvalue weighted by Crippen LogP contribution is -2.45. The highest BCUT2D eigenvalue weighted by atomic mass is 32.2. The normalized spacial score (nSPS) is 17.6. The molecular weight excluding hydrogens is 401 g/mol. The zero-order valence-electron chi connectivity index (χ0n) is 16.3. The summed E-state index contributed by atoms with van der Waals surface area (Å²) in [5.41, 5.74) is 1.56. The molecule has 1 saturated heterocycles. The van der Waals surface area contributed by atoms with Gasteiger partial charge in [0.1, 0.15) is 0 Å². The van der Waals surface area contributed by atoms with E-state index in [1.54, 1.807) is 19.1 Å². The Morgan fingerprint density at radius 1 is 1.07 bits per heavy atom. The van der Waals surface area contributed by atoms with Crippen LogP contribution in [0.1, 0.15) is 30.0 Å². The Hall–Kier alpha value is -2.48. The first-order valence-corrected chi connectivity index (χ1v) is 10.8. The van der Waals surface area contributed by atoms with Crippen molar-refractivity contribution in [3.63, 3.8) is 0 Å². The fourth-order valence-corrected chi connectivity index (χ4v) is 5.34. The van der Waals surface area contributed by atoms with Crippen molar-refractivity contribution in [1.29, 1.82) is 0 Å². The third-order valence-corrected chi connectivity index (χ3v) is 7.19. The Labute approximate surface area is 167 Å². The van der Waals surface area contributed by atoms with E-state index in [2.05, 4.69) is 11.8 Å². The molecule has 1 aliphatic rings. The number of hydrogen-bond donors (Lipinski definition) is 0. The van der Waals surface area contributed by atoms with E-state index in [1.165, 1.54) is 12.3 Å². The SMILES string of the molecule is Cc1cc(N2CCC2C)cc(S(=O)(=O)n2cc(C)c3cc(C(F)(F)F)ccc32)c1. The molecule has 3 aromatic rings. The van der Waals surface area contributed by atoms with Crippen LogP contribution in [0.5, 0.6) is 0 Å². The molecular formula is C21H21F3N2O2S. The molecule has 4 rings (SSSR count). The first-order chi connectivity index (χ1) is 13.5. The maximum absolute atomic E-state index is 13.4. The number of nitrogens with zero attached hydrogens (tertiary/aromatic N) is 2. The number of anilines is 1. The summed E-state index contributed by atoms with van der Waals surface area (Å²) >= 11 is 0. The lowest BCUT2D eigenvalue weighted by Gasteiger charge is -2.41. The number of aryl methyl sites for hydroxylation is 2. The number of fused-ring (bicyclic) bond motifs is 1. The third-order valence-electron chi connectivity index (χ3n) is 5.54. The second kappa shape index (κ2) is 6.52. The van der Waals surface area contributed by atoms with Crippen molar-refractivity contribution < 1.29 is 21.6 Å². The van der Waals surface area contributed by atoms with E-state index in [1.807, 2.05) is 13.0 Å². The molecule has 0 saturated carbocycles. The van der Waals surface area contributed by atoms with E-state index >= 15 is 0 Å². The van der Waals surface area contributed by atoms with Gasteiger partial charge in [-0.25, -0.2) is 12.4 Å². The number of halogens is 3. The van der Waals surface area contributed by atoms with Crippen molar-refractivity contribution in [3.05, 3.63) is 59.3 Å². The molecule has 2 aromatic carbocycles. The summed E-state index contributed by atoms with van der Waals surface area (Å²) in [4.78, 5) is 2.27. The van der Waals surface area contributed by atoms with Gasteiger partial charge in [0.25, 0.3) is 10.0 Å². The first kappa shape index (κ1) is 19.8. The van der Waals surface area contributed by atoms with Gasteiger partial charge in [-0.3, -0.25) is 0 Å². The van der Waals surface area contributed by atoms with Gasteiger partial charge in [-0.2, -0.15) is 13.2 Å². The van der Waals surface area contributed by atoms with Gasteiger partial charge in [0.2, 0.25) is 0 Å². The van der Waals surface area contributed by atoms with Crippen LogP contribution in [0.3, 0.4) is 0 Å². The molecule has 1 unspecified atom stereocenters. The van der Waals surface area contributed by atoms with Gasteiger partial charge >= 0.3 is 6.18 Å². The maximum Gasteiger partial charge on any atom is 0.416 e. The van der Waals surface area contributed by atoms with E-state index in [4.69, 9.17) is 0 Å². The summed E-state index contributed by atoms with van der Waals surface area (Å²) < 4.78 is 67.0. The average Bonchev–Trinajstić information content (AvgIpc) is 2.96. The van der Waals surface area contributed by atoms with E-state index < -0.39 is 21.8 Å². The van der Waals surface area contributed by atoms with E-state index in [9.17, 15) is 21.6 Å². The summed E-state index contributed by atoms with van der Waals surface area (Å²) in [5, 5.41) is 0.271. The molecule has 0 amide bonds. The smallest absolute Gasteiger partial charge is 0.369 e. The van der Waals surface area contributed by atoms with Crippen molar-refractivity contribution in [2.45, 2.75) is 44.3 Å². The van der Waals surface area contributed by atoms with Crippen LogP contribution in [0.2, 0.25) is 0 Å². The number of rotatable bonds is 3. The lowest BCUT2D eigenvalue weighted by molar-refractivity contribution is -0.137. The van der Waals surface area contributed by atoms with E-state index in [0.717, 1.165) is 40.3 Å². The Bertz CT molecular complexity index is 1210. The molecule has 1 fully saturated rings. The standard InChI is InChI=1S/C21H21F3N2O2S/c1-13-8-17(25-7-6-15(25)3)11-18(9-13)29(27,28)26-12-14(2)19-10-16(21(22,23)24)4-5-20(19)26/h4-5,8-12,15H,6-7H2,1-3H3. The van der Waals surface area contributed by atoms with Crippen LogP contribution in [0.15, 0.2) is 47.5 Å². The summed E-state index contributed by atoms with van der Waals surface area (Å²) in [6.07, 6.45) is -2.05. The van der Waals surface area contributed by atoms with Gasteiger partial charge in [0.15, 0.2) is 0 Å². The zero-order chi connectivity index (χ0) is 21.1. The summed E-state index contributed by atoms with van der Waals surface area (Å²) in [7, 11) is -3.96. The first-order valence-electron chi connectivity index (χ1n) is 9.31. The van der Waals surface area contributed by atoms with Crippen molar-refractivity contribution >= 4 is 26.6 Å². The maximum atomic E-state index is 13.4. The van der Waals surface area contributed by atoms with Crippen LogP contribution < -0.4 is 4.90 Å². The second-order valence-electron chi connectivity index (χ2n) is 7.68. The predicted octanol–water partition coefficient (Wildman–Crippen LogP) is 5.11. The minimum absolute atomic E-state index is 0.128. The van der Waals surface area contributed by atoms with Crippen LogP contribution in [-0.4, -0.2) is 25.0 Å². The van der Waals surface area contributed by atoms with Crippen LogP contribution in [-0.2, 0) is 16.2 Å². The third kappa shape index (κ3) is 3.29. The van der Waals surface area contributed by atoms with E-state index in [-0.39, 0.29) is 15.8 Å². The Balaban J connectivity index is 1.85. The van der Waals surface area contributed by atoms with Crippen LogP contribution in [0, 0.1) is 13.8 Å². The van der Waals surface area contributed by atoms with Crippen molar-refractivity contribution in [3.8, 4) is 0 Å². The van der Waals surface area contributed by atoms with Gasteiger partial charge in [-0.15, -0.1) is 0 Å². The number of benzene rings is 2. The Morgan fingerprint density at radius 2 is 1.79 bits per heavy atom. The summed E-state index contributed by atoms with van der Waals surface area (Å²) in [5.74, 6) is 0. The molecule has 0 spiro atoms. The predicted molar refractivity (Wildman–Crippen MR) is 107 cm³/mol. The van der Waals surface area contributed by atoms with Crippen LogP contribution in [0.4, 0.5) is 18.9 Å². The van der Waals surface area contributed by atoms with Gasteiger partial charge < -0.3 is 4.90 Å². The molecule has 0 N–H and O–H groups in total. The van der Waals surface area contributed by atoms with Crippen molar-refractivity contribution in [2.75, 3.05) is 11.4 Å². The molecule has 0 aliphatic carbocycles. The lowest BCUT2D eigenvalue weighted by atomic mass is 10.0. The fourth-order valence-electron chi connectivity index (χ4n) is 3.79. The van der Waals surface area contributed by atoms with Gasteiger partial charge in [-0.1, -0.05) is 0 Å². The highest BCUT2D eigenvalue weighted by Gasteiger charge is 2.32. The molecule has 154 valence electrons. The Morgan fingerprint density at radius 3 is 2.38 bits per heavy atom. The summed E-state index contributed by atoms with van der Waals surface area (Å²) in [6, 6.07) is 8.66.